The first kappa shape index (κ1) is 38.3. The Morgan fingerprint density at radius 2 is 1.23 bits per heavy atom. The minimum atomic E-state index is 0.240. The number of ether oxygens (including phenoxy) is 4. The Bertz CT molecular complexity index is 2570. The first-order chi connectivity index (χ1) is 29.6. The van der Waals surface area contributed by atoms with Crippen LogP contribution in [0.4, 0.5) is 23.5 Å². The van der Waals surface area contributed by atoms with Crippen molar-refractivity contribution < 1.29 is 18.9 Å². The molecule has 0 aliphatic carbocycles. The second-order valence-electron chi connectivity index (χ2n) is 15.4. The Balaban J connectivity index is 0.000000144. The number of nitrogens with one attached hydrogen (secondary N) is 3. The smallest absolute Gasteiger partial charge is 0.229 e. The van der Waals surface area contributed by atoms with Crippen LogP contribution >= 0.6 is 0 Å². The fourth-order valence-corrected chi connectivity index (χ4v) is 8.08. The Morgan fingerprint density at radius 1 is 0.633 bits per heavy atom. The second kappa shape index (κ2) is 17.0. The largest absolute Gasteiger partial charge is 0.378 e. The van der Waals surface area contributed by atoms with Crippen molar-refractivity contribution in [2.24, 2.45) is 0 Å². The Morgan fingerprint density at radius 3 is 1.88 bits per heavy atom. The number of aromatic amines is 3. The SMILES string of the molecule is CCc1cccc(-c2nc3nc(N4CCOCC4)nc(N4CCOC[C@@H]4C)c3[nH]2)c1.c1cc2ncc(-c3nc4nc(N5CCOCC5)nc(N5CCOCC5)c4[nH]3)cc2[nH]1. The van der Waals surface area contributed by atoms with Crippen molar-refractivity contribution in [3.8, 4) is 22.8 Å². The molecule has 1 atom stereocenters. The van der Waals surface area contributed by atoms with E-state index in [9.17, 15) is 0 Å². The summed E-state index contributed by atoms with van der Waals surface area (Å²) in [7, 11) is 0. The van der Waals surface area contributed by atoms with Crippen molar-refractivity contribution in [3.05, 3.63) is 54.4 Å². The fourth-order valence-electron chi connectivity index (χ4n) is 8.08. The quantitative estimate of drug-likeness (QED) is 0.208. The molecule has 3 N–H and O–H groups in total. The number of pyridine rings is 1. The van der Waals surface area contributed by atoms with Crippen LogP contribution in [0.5, 0.6) is 0 Å². The molecule has 11 rings (SSSR count). The molecule has 312 valence electrons. The summed E-state index contributed by atoms with van der Waals surface area (Å²) >= 11 is 0. The number of aromatic nitrogens is 10. The summed E-state index contributed by atoms with van der Waals surface area (Å²) in [5.74, 6) is 4.76. The molecule has 0 saturated carbocycles. The van der Waals surface area contributed by atoms with E-state index < -0.39 is 0 Å². The lowest BCUT2D eigenvalue weighted by Gasteiger charge is -2.35. The van der Waals surface area contributed by atoms with Crippen LogP contribution in [0, 0.1) is 0 Å². The third kappa shape index (κ3) is 7.78. The summed E-state index contributed by atoms with van der Waals surface area (Å²) in [5.41, 5.74) is 8.26. The number of nitrogens with zero attached hydrogens (tertiary/aromatic N) is 11. The van der Waals surface area contributed by atoms with Gasteiger partial charge in [-0.2, -0.15) is 19.9 Å². The molecule has 18 heteroatoms. The minimum Gasteiger partial charge on any atom is -0.378 e. The zero-order chi connectivity index (χ0) is 40.4. The molecule has 1 aromatic carbocycles. The predicted molar refractivity (Wildman–Crippen MR) is 230 cm³/mol. The predicted octanol–water partition coefficient (Wildman–Crippen LogP) is 4.21. The lowest BCUT2D eigenvalue weighted by atomic mass is 10.1. The average Bonchev–Trinajstić information content (AvgIpc) is 4.09. The molecule has 0 radical (unpaired) electrons. The maximum Gasteiger partial charge on any atom is 0.229 e. The van der Waals surface area contributed by atoms with Gasteiger partial charge in [0.2, 0.25) is 11.9 Å². The number of benzene rings is 1. The van der Waals surface area contributed by atoms with Crippen molar-refractivity contribution >= 4 is 56.9 Å². The number of anilines is 4. The number of hydrogen-bond donors (Lipinski definition) is 3. The lowest BCUT2D eigenvalue weighted by Crippen LogP contribution is -2.44. The number of imidazole rings is 2. The van der Waals surface area contributed by atoms with Crippen molar-refractivity contribution in [2.45, 2.75) is 26.3 Å². The van der Waals surface area contributed by atoms with E-state index in [2.05, 4.69) is 77.6 Å². The standard InChI is InChI=1S/C22H28N6O2.C20H22N8O2/c1-3-16-5-4-6-17(13-16)19-23-18-20(24-19)25-22(27-7-10-29-11-8-27)26-21(18)28-9-12-30-14-15(28)2;1-2-21-15-11-13(12-22-14(1)15)17-23-16-18(24-17)25-20(28-5-9-30-10-6-28)26-19(16)27-3-7-29-8-4-27/h4-6,13,15H,3,7-12,14H2,1-2H3,(H,23,24,25,26);1-2,11-12,21H,3-10H2,(H,23,24,25,26)/t15-;/m0./s1. The summed E-state index contributed by atoms with van der Waals surface area (Å²) in [6, 6.07) is 12.7. The number of fused-ring (bicyclic) bond motifs is 3. The molecule has 0 bridgehead atoms. The molecule has 7 aromatic rings. The van der Waals surface area contributed by atoms with Crippen LogP contribution in [0.2, 0.25) is 0 Å². The summed E-state index contributed by atoms with van der Waals surface area (Å²) in [4.78, 5) is 52.8. The normalized spacial score (nSPS) is 19.0. The van der Waals surface area contributed by atoms with Gasteiger partial charge in [-0.1, -0.05) is 25.1 Å². The molecular formula is C42H50N14O4. The maximum absolute atomic E-state index is 5.65. The van der Waals surface area contributed by atoms with Gasteiger partial charge in [0.1, 0.15) is 22.7 Å². The number of morpholine rings is 4. The molecule has 0 spiro atoms. The third-order valence-corrected chi connectivity index (χ3v) is 11.5. The van der Waals surface area contributed by atoms with Gasteiger partial charge >= 0.3 is 0 Å². The zero-order valence-electron chi connectivity index (χ0n) is 34.1. The molecule has 60 heavy (non-hydrogen) atoms. The van der Waals surface area contributed by atoms with E-state index in [-0.39, 0.29) is 6.04 Å². The maximum atomic E-state index is 5.65. The molecule has 4 saturated heterocycles. The van der Waals surface area contributed by atoms with Gasteiger partial charge in [0.25, 0.3) is 0 Å². The highest BCUT2D eigenvalue weighted by molar-refractivity contribution is 5.89. The fraction of sp³-hybridized carbons (Fsp3) is 0.452. The van der Waals surface area contributed by atoms with Gasteiger partial charge in [0.05, 0.1) is 69.9 Å². The third-order valence-electron chi connectivity index (χ3n) is 11.5. The summed E-state index contributed by atoms with van der Waals surface area (Å²) in [5, 5.41) is 0. The van der Waals surface area contributed by atoms with Crippen molar-refractivity contribution in [3.63, 3.8) is 0 Å². The van der Waals surface area contributed by atoms with E-state index in [1.54, 1.807) is 0 Å². The van der Waals surface area contributed by atoms with Gasteiger partial charge in [-0.3, -0.25) is 4.98 Å². The average molecular weight is 815 g/mol. The molecule has 0 amide bonds. The lowest BCUT2D eigenvalue weighted by molar-refractivity contribution is 0.0986. The Labute approximate surface area is 346 Å². The number of aryl methyl sites for hydroxylation is 1. The van der Waals surface area contributed by atoms with Crippen molar-refractivity contribution in [1.82, 2.24) is 49.8 Å². The molecule has 4 fully saturated rings. The number of hydrogen-bond acceptors (Lipinski definition) is 15. The molecule has 10 heterocycles. The number of H-pyrrole nitrogens is 3. The van der Waals surface area contributed by atoms with E-state index in [1.807, 2.05) is 24.5 Å². The van der Waals surface area contributed by atoms with Crippen LogP contribution in [0.1, 0.15) is 19.4 Å². The van der Waals surface area contributed by atoms with E-state index in [4.69, 9.17) is 48.9 Å². The molecule has 18 nitrogen and oxygen atoms in total. The molecule has 6 aromatic heterocycles. The topological polar surface area (TPSA) is 187 Å². The molecule has 4 aliphatic heterocycles. The van der Waals surface area contributed by atoms with Crippen LogP contribution in [0.25, 0.3) is 56.1 Å². The van der Waals surface area contributed by atoms with Gasteiger partial charge in [-0.15, -0.1) is 0 Å². The van der Waals surface area contributed by atoms with Gasteiger partial charge in [-0.05, 0) is 37.1 Å². The van der Waals surface area contributed by atoms with Gasteiger partial charge in [0.15, 0.2) is 22.9 Å². The minimum absolute atomic E-state index is 0.240. The van der Waals surface area contributed by atoms with Crippen molar-refractivity contribution in [1.29, 1.82) is 0 Å². The molecule has 4 aliphatic rings. The van der Waals surface area contributed by atoms with Crippen LogP contribution in [-0.2, 0) is 25.4 Å². The van der Waals surface area contributed by atoms with Crippen LogP contribution in [0.15, 0.2) is 48.8 Å². The van der Waals surface area contributed by atoms with E-state index >= 15 is 0 Å². The number of rotatable bonds is 7. The Kier molecular flexibility index (Phi) is 10.8. The van der Waals surface area contributed by atoms with Crippen molar-refractivity contribution in [2.75, 3.05) is 118 Å². The highest BCUT2D eigenvalue weighted by atomic mass is 16.5. The monoisotopic (exact) mass is 814 g/mol. The highest BCUT2D eigenvalue weighted by Crippen LogP contribution is 2.32. The van der Waals surface area contributed by atoms with Crippen LogP contribution in [0.3, 0.4) is 0 Å². The van der Waals surface area contributed by atoms with Gasteiger partial charge in [-0.25, -0.2) is 9.97 Å². The van der Waals surface area contributed by atoms with E-state index in [0.717, 1.165) is 115 Å². The van der Waals surface area contributed by atoms with E-state index in [0.29, 0.717) is 70.1 Å². The summed E-state index contributed by atoms with van der Waals surface area (Å²) in [6.07, 6.45) is 4.71. The first-order valence-electron chi connectivity index (χ1n) is 21.0. The first-order valence-corrected chi connectivity index (χ1v) is 21.0. The van der Waals surface area contributed by atoms with Gasteiger partial charge < -0.3 is 53.5 Å². The molecule has 0 unspecified atom stereocenters. The van der Waals surface area contributed by atoms with Crippen LogP contribution in [-0.4, -0.2) is 155 Å². The molecular weight excluding hydrogens is 765 g/mol. The van der Waals surface area contributed by atoms with Gasteiger partial charge in [0, 0.05) is 69.3 Å². The Hall–Kier alpha value is -5.95. The summed E-state index contributed by atoms with van der Waals surface area (Å²) < 4.78 is 22.2. The summed E-state index contributed by atoms with van der Waals surface area (Å²) in [6.45, 7) is 15.4. The van der Waals surface area contributed by atoms with Crippen LogP contribution < -0.4 is 19.6 Å². The highest BCUT2D eigenvalue weighted by Gasteiger charge is 2.28. The zero-order valence-corrected chi connectivity index (χ0v) is 34.1. The second-order valence-corrected chi connectivity index (χ2v) is 15.4. The van der Waals surface area contributed by atoms with E-state index in [1.165, 1.54) is 5.56 Å².